The summed E-state index contributed by atoms with van der Waals surface area (Å²) in [6.07, 6.45) is -4.76. The second kappa shape index (κ2) is 7.16. The van der Waals surface area contributed by atoms with Crippen molar-refractivity contribution in [2.75, 3.05) is 6.61 Å². The molecule has 4 nitrogen and oxygen atoms in total. The molecule has 0 radical (unpaired) electrons. The summed E-state index contributed by atoms with van der Waals surface area (Å²) in [7, 11) is 0. The first-order valence-electron chi connectivity index (χ1n) is 6.74. The first-order chi connectivity index (χ1) is 11.2. The van der Waals surface area contributed by atoms with E-state index in [1.54, 1.807) is 6.92 Å². The summed E-state index contributed by atoms with van der Waals surface area (Å²) in [6.45, 7) is 1.37. The van der Waals surface area contributed by atoms with E-state index < -0.39 is 34.6 Å². The maximum atomic E-state index is 13.5. The van der Waals surface area contributed by atoms with Crippen LogP contribution in [-0.2, 0) is 17.6 Å². The first kappa shape index (κ1) is 18.8. The number of ether oxygens (including phenoxy) is 1. The summed E-state index contributed by atoms with van der Waals surface area (Å²) in [4.78, 5) is 11.6. The summed E-state index contributed by atoms with van der Waals surface area (Å²) in [6, 6.07) is 5.86. The van der Waals surface area contributed by atoms with Crippen LogP contribution in [0.2, 0.25) is 5.02 Å². The maximum absolute atomic E-state index is 13.5. The summed E-state index contributed by atoms with van der Waals surface area (Å²) in [5.41, 5.74) is -1.41. The van der Waals surface area contributed by atoms with Crippen molar-refractivity contribution < 1.29 is 27.8 Å². The zero-order chi connectivity index (χ0) is 18.1. The molecule has 0 unspecified atom stereocenters. The van der Waals surface area contributed by atoms with Gasteiger partial charge in [0.1, 0.15) is 18.0 Å². The zero-order valence-electron chi connectivity index (χ0n) is 12.3. The average molecular weight is 427 g/mol. The second-order valence-electron chi connectivity index (χ2n) is 4.75. The summed E-state index contributed by atoms with van der Waals surface area (Å²) in [5.74, 6) is -1.48. The molecule has 0 aliphatic carbocycles. The van der Waals surface area contributed by atoms with Crippen molar-refractivity contribution in [1.82, 2.24) is 4.57 Å². The van der Waals surface area contributed by atoms with Crippen LogP contribution in [0.15, 0.2) is 28.7 Å². The van der Waals surface area contributed by atoms with Crippen LogP contribution in [0.4, 0.5) is 13.2 Å². The van der Waals surface area contributed by atoms with Gasteiger partial charge in [0.25, 0.3) is 0 Å². The van der Waals surface area contributed by atoms with Crippen molar-refractivity contribution in [2.24, 2.45) is 0 Å². The molecule has 2 aromatic rings. The van der Waals surface area contributed by atoms with Crippen molar-refractivity contribution in [1.29, 1.82) is 0 Å². The lowest BCUT2D eigenvalue weighted by Gasteiger charge is -2.15. The van der Waals surface area contributed by atoms with E-state index >= 15 is 0 Å². The van der Waals surface area contributed by atoms with Gasteiger partial charge in [0.05, 0.1) is 10.2 Å². The van der Waals surface area contributed by atoms with E-state index in [-0.39, 0.29) is 17.9 Å². The van der Waals surface area contributed by atoms with Crippen LogP contribution in [0, 0.1) is 0 Å². The van der Waals surface area contributed by atoms with E-state index in [0.717, 1.165) is 4.57 Å². The van der Waals surface area contributed by atoms with E-state index in [4.69, 9.17) is 16.3 Å². The molecule has 1 heterocycles. The third-order valence-corrected chi connectivity index (χ3v) is 4.25. The molecule has 0 atom stereocenters. The lowest BCUT2D eigenvalue weighted by Crippen LogP contribution is -2.16. The lowest BCUT2D eigenvalue weighted by atomic mass is 10.1. The minimum atomic E-state index is -4.76. The molecule has 1 aromatic heterocycles. The van der Waals surface area contributed by atoms with Crippen LogP contribution in [0.3, 0.4) is 0 Å². The van der Waals surface area contributed by atoms with Gasteiger partial charge in [-0.3, -0.25) is 0 Å². The number of hydrogen-bond donors (Lipinski definition) is 1. The van der Waals surface area contributed by atoms with Crippen LogP contribution >= 0.6 is 27.5 Å². The first-order valence-corrected chi connectivity index (χ1v) is 7.91. The molecule has 0 amide bonds. The molecular formula is C15H12BrClF3NO3. The van der Waals surface area contributed by atoms with Crippen molar-refractivity contribution in [3.8, 4) is 11.3 Å². The Labute approximate surface area is 148 Å². The Kier molecular flexibility index (Phi) is 5.62. The Balaban J connectivity index is 2.83. The number of aromatic nitrogens is 1. The van der Waals surface area contributed by atoms with E-state index in [2.05, 4.69) is 15.9 Å². The van der Waals surface area contributed by atoms with Crippen LogP contribution in [-0.4, -0.2) is 22.2 Å². The highest BCUT2D eigenvalue weighted by Gasteiger charge is 2.42. The lowest BCUT2D eigenvalue weighted by molar-refractivity contribution is -0.146. The van der Waals surface area contributed by atoms with Crippen LogP contribution in [0.25, 0.3) is 11.3 Å². The molecule has 0 bridgehead atoms. The van der Waals surface area contributed by atoms with Gasteiger partial charge in [0, 0.05) is 11.6 Å². The normalized spacial score (nSPS) is 11.8. The predicted molar refractivity (Wildman–Crippen MR) is 86.2 cm³/mol. The van der Waals surface area contributed by atoms with Gasteiger partial charge in [-0.1, -0.05) is 23.7 Å². The number of benzene rings is 1. The predicted octanol–water partition coefficient (Wildman–Crippen LogP) is 5.28. The molecule has 2 rings (SSSR count). The molecule has 1 aromatic carbocycles. The fourth-order valence-electron chi connectivity index (χ4n) is 2.28. The number of carboxylic acids is 1. The van der Waals surface area contributed by atoms with Gasteiger partial charge >= 0.3 is 12.1 Å². The Bertz CT molecular complexity index is 757. The van der Waals surface area contributed by atoms with Crippen LogP contribution in [0.1, 0.15) is 23.0 Å². The molecule has 0 aliphatic heterocycles. The number of rotatable bonds is 5. The van der Waals surface area contributed by atoms with Crippen LogP contribution in [0.5, 0.6) is 0 Å². The molecule has 0 aliphatic rings. The maximum Gasteiger partial charge on any atom is 0.432 e. The summed E-state index contributed by atoms with van der Waals surface area (Å²) in [5, 5.41) is 9.80. The molecule has 0 spiro atoms. The second-order valence-corrected chi connectivity index (χ2v) is 5.98. The number of nitrogens with zero attached hydrogens (tertiary/aromatic N) is 1. The van der Waals surface area contributed by atoms with E-state index in [1.807, 2.05) is 0 Å². The molecular weight excluding hydrogens is 415 g/mol. The minimum Gasteiger partial charge on any atom is -0.478 e. The highest BCUT2D eigenvalue weighted by atomic mass is 79.9. The Morgan fingerprint density at radius 2 is 1.92 bits per heavy atom. The van der Waals surface area contributed by atoms with Crippen molar-refractivity contribution in [3.63, 3.8) is 0 Å². The summed E-state index contributed by atoms with van der Waals surface area (Å²) < 4.78 is 45.7. The van der Waals surface area contributed by atoms with Gasteiger partial charge in [-0.05, 0) is 40.5 Å². The quantitative estimate of drug-likeness (QED) is 0.707. The number of carboxylic acid groups (broad SMARTS) is 1. The molecule has 0 fully saturated rings. The van der Waals surface area contributed by atoms with E-state index in [9.17, 15) is 23.1 Å². The van der Waals surface area contributed by atoms with Gasteiger partial charge in [0.15, 0.2) is 0 Å². The molecule has 9 heteroatoms. The number of hydrogen-bond acceptors (Lipinski definition) is 2. The molecule has 24 heavy (non-hydrogen) atoms. The fourth-order valence-corrected chi connectivity index (χ4v) is 3.20. The van der Waals surface area contributed by atoms with Crippen LogP contribution < -0.4 is 0 Å². The number of carbonyl (C=O) groups is 1. The Morgan fingerprint density at radius 3 is 2.38 bits per heavy atom. The molecule has 0 saturated heterocycles. The number of alkyl halides is 3. The standard InChI is InChI=1S/C15H12BrClF3NO3/c1-2-24-7-21-12(8-3-5-9(17)6-4-8)10(14(22)23)11(16)13(21)15(18,19)20/h3-6H,2,7H2,1H3,(H,22,23). The van der Waals surface area contributed by atoms with E-state index in [1.165, 1.54) is 24.3 Å². The van der Waals surface area contributed by atoms with Gasteiger partial charge in [-0.25, -0.2) is 4.79 Å². The number of halogens is 5. The van der Waals surface area contributed by atoms with Gasteiger partial charge in [0.2, 0.25) is 0 Å². The third kappa shape index (κ3) is 3.60. The average Bonchev–Trinajstić information content (AvgIpc) is 2.78. The van der Waals surface area contributed by atoms with Crippen molar-refractivity contribution in [2.45, 2.75) is 19.8 Å². The smallest absolute Gasteiger partial charge is 0.432 e. The summed E-state index contributed by atoms with van der Waals surface area (Å²) >= 11 is 8.59. The molecule has 0 saturated carbocycles. The highest BCUT2D eigenvalue weighted by molar-refractivity contribution is 9.10. The topological polar surface area (TPSA) is 51.5 Å². The van der Waals surface area contributed by atoms with Gasteiger partial charge in [-0.2, -0.15) is 13.2 Å². The van der Waals surface area contributed by atoms with E-state index in [0.29, 0.717) is 5.02 Å². The minimum absolute atomic E-state index is 0.105. The Morgan fingerprint density at radius 1 is 1.33 bits per heavy atom. The van der Waals surface area contributed by atoms with Crippen molar-refractivity contribution >= 4 is 33.5 Å². The monoisotopic (exact) mass is 425 g/mol. The highest BCUT2D eigenvalue weighted by Crippen LogP contribution is 2.43. The van der Waals surface area contributed by atoms with Gasteiger partial charge in [-0.15, -0.1) is 0 Å². The third-order valence-electron chi connectivity index (χ3n) is 3.23. The Hall–Kier alpha value is -1.51. The molecule has 130 valence electrons. The van der Waals surface area contributed by atoms with Crippen molar-refractivity contribution in [3.05, 3.63) is 45.0 Å². The zero-order valence-corrected chi connectivity index (χ0v) is 14.7. The largest absolute Gasteiger partial charge is 0.478 e. The fraction of sp³-hybridized carbons (Fsp3) is 0.267. The SMILES string of the molecule is CCOCn1c(-c2ccc(Cl)cc2)c(C(=O)O)c(Br)c1C(F)(F)F. The van der Waals surface area contributed by atoms with Gasteiger partial charge < -0.3 is 14.4 Å². The number of aromatic carboxylic acids is 1. The molecule has 1 N–H and O–H groups in total.